The Morgan fingerprint density at radius 2 is 2.00 bits per heavy atom. The van der Waals surface area contributed by atoms with E-state index in [9.17, 15) is 4.79 Å². The number of aryl methyl sites for hydroxylation is 2. The van der Waals surface area contributed by atoms with Crippen LogP contribution in [0.2, 0.25) is 0 Å². The maximum Gasteiger partial charge on any atom is 0.251 e. The predicted molar refractivity (Wildman–Crippen MR) is 98.1 cm³/mol. The van der Waals surface area contributed by atoms with Crippen LogP contribution >= 0.6 is 0 Å². The van der Waals surface area contributed by atoms with Gasteiger partial charge in [0, 0.05) is 49.4 Å². The van der Waals surface area contributed by atoms with Crippen LogP contribution in [0.5, 0.6) is 0 Å². The molecule has 0 unspecified atom stereocenters. The van der Waals surface area contributed by atoms with Crippen molar-refractivity contribution < 1.29 is 4.79 Å². The van der Waals surface area contributed by atoms with Crippen LogP contribution in [0.25, 0.3) is 0 Å². The molecule has 2 aromatic rings. The van der Waals surface area contributed by atoms with Gasteiger partial charge in [-0.3, -0.25) is 9.80 Å². The fourth-order valence-corrected chi connectivity index (χ4v) is 3.52. The van der Waals surface area contributed by atoms with Crippen LogP contribution in [0.3, 0.4) is 0 Å². The quantitative estimate of drug-likeness (QED) is 0.936. The average molecular weight is 337 g/mol. The molecule has 0 fully saturated rings. The third-order valence-electron chi connectivity index (χ3n) is 4.85. The number of rotatable bonds is 3. The van der Waals surface area contributed by atoms with Gasteiger partial charge in [-0.15, -0.1) is 0 Å². The Bertz CT molecular complexity index is 821. The number of fused-ring (bicyclic) bond motifs is 1. The van der Waals surface area contributed by atoms with Crippen LogP contribution < -0.4 is 10.3 Å². The molecule has 25 heavy (non-hydrogen) atoms. The van der Waals surface area contributed by atoms with Crippen LogP contribution in [0.1, 0.15) is 41.6 Å². The first-order valence-electron chi connectivity index (χ1n) is 8.84. The Morgan fingerprint density at radius 1 is 1.20 bits per heavy atom. The Hall–Kier alpha value is -2.63. The van der Waals surface area contributed by atoms with Gasteiger partial charge in [-0.1, -0.05) is 0 Å². The summed E-state index contributed by atoms with van der Waals surface area (Å²) in [4.78, 5) is 17.0. The van der Waals surface area contributed by atoms with E-state index in [0.717, 1.165) is 55.3 Å². The predicted octanol–water partition coefficient (Wildman–Crippen LogP) is 2.52. The van der Waals surface area contributed by atoms with Crippen LogP contribution in [-0.2, 0) is 13.0 Å². The summed E-state index contributed by atoms with van der Waals surface area (Å²) < 4.78 is 2.15. The highest BCUT2D eigenvalue weighted by molar-refractivity contribution is 5.94. The van der Waals surface area contributed by atoms with Gasteiger partial charge in [-0.05, 0) is 44.5 Å². The highest BCUT2D eigenvalue weighted by Gasteiger charge is 2.22. The number of aromatic nitrogens is 2. The molecule has 4 rings (SSSR count). The van der Waals surface area contributed by atoms with Crippen molar-refractivity contribution >= 4 is 17.3 Å². The second-order valence-corrected chi connectivity index (χ2v) is 6.92. The van der Waals surface area contributed by atoms with E-state index in [1.165, 1.54) is 0 Å². The molecule has 1 atom stereocenters. The zero-order valence-corrected chi connectivity index (χ0v) is 14.7. The Kier molecular flexibility index (Phi) is 4.03. The highest BCUT2D eigenvalue weighted by atomic mass is 16.1. The SMILES string of the molecule is CC1=NN(c2ccc(C(=O)N[C@@H]3CCc4nc(C)cn4C3)cc2)CC1. The highest BCUT2D eigenvalue weighted by Crippen LogP contribution is 2.20. The molecule has 0 bridgehead atoms. The topological polar surface area (TPSA) is 62.5 Å². The van der Waals surface area contributed by atoms with Gasteiger partial charge in [0.15, 0.2) is 0 Å². The number of benzene rings is 1. The van der Waals surface area contributed by atoms with Gasteiger partial charge in [-0.2, -0.15) is 5.10 Å². The molecule has 0 aliphatic carbocycles. The van der Waals surface area contributed by atoms with Gasteiger partial charge >= 0.3 is 0 Å². The number of carbonyl (C=O) groups excluding carboxylic acids is 1. The van der Waals surface area contributed by atoms with E-state index >= 15 is 0 Å². The number of imidazole rings is 1. The van der Waals surface area contributed by atoms with Crippen molar-refractivity contribution in [3.05, 3.63) is 47.5 Å². The van der Waals surface area contributed by atoms with Gasteiger partial charge in [0.2, 0.25) is 0 Å². The zero-order valence-electron chi connectivity index (χ0n) is 14.7. The summed E-state index contributed by atoms with van der Waals surface area (Å²) in [5.74, 6) is 1.10. The number of amides is 1. The lowest BCUT2D eigenvalue weighted by Crippen LogP contribution is -2.40. The van der Waals surface area contributed by atoms with Crippen LogP contribution in [0.15, 0.2) is 35.6 Å². The minimum absolute atomic E-state index is 0.0158. The van der Waals surface area contributed by atoms with E-state index in [0.29, 0.717) is 5.56 Å². The first kappa shape index (κ1) is 15.9. The summed E-state index contributed by atoms with van der Waals surface area (Å²) in [5, 5.41) is 9.63. The molecule has 0 saturated heterocycles. The third kappa shape index (κ3) is 3.29. The van der Waals surface area contributed by atoms with Gasteiger partial charge < -0.3 is 9.88 Å². The van der Waals surface area contributed by atoms with Gasteiger partial charge in [0.25, 0.3) is 5.91 Å². The normalized spacial score (nSPS) is 19.5. The molecule has 1 aromatic heterocycles. The molecule has 1 amide bonds. The molecule has 6 nitrogen and oxygen atoms in total. The maximum absolute atomic E-state index is 12.5. The van der Waals surface area contributed by atoms with Crippen molar-refractivity contribution in [3.63, 3.8) is 0 Å². The number of nitrogens with one attached hydrogen (secondary N) is 1. The van der Waals surface area contributed by atoms with Crippen LogP contribution in [-0.4, -0.2) is 33.8 Å². The Balaban J connectivity index is 1.40. The molecule has 6 heteroatoms. The molecule has 130 valence electrons. The maximum atomic E-state index is 12.5. The van der Waals surface area contributed by atoms with E-state index in [4.69, 9.17) is 0 Å². The number of carbonyl (C=O) groups is 1. The fourth-order valence-electron chi connectivity index (χ4n) is 3.52. The molecule has 1 N–H and O–H groups in total. The van der Waals surface area contributed by atoms with E-state index in [-0.39, 0.29) is 11.9 Å². The monoisotopic (exact) mass is 337 g/mol. The van der Waals surface area contributed by atoms with Crippen LogP contribution in [0, 0.1) is 6.92 Å². The summed E-state index contributed by atoms with van der Waals surface area (Å²) in [6, 6.07) is 7.84. The molecular formula is C19H23N5O. The lowest BCUT2D eigenvalue weighted by atomic mass is 10.1. The number of hydrogen-bond acceptors (Lipinski definition) is 4. The van der Waals surface area contributed by atoms with E-state index < -0.39 is 0 Å². The first-order chi connectivity index (χ1) is 12.1. The smallest absolute Gasteiger partial charge is 0.251 e. The number of hydrogen-bond donors (Lipinski definition) is 1. The Morgan fingerprint density at radius 3 is 2.72 bits per heavy atom. The molecule has 0 radical (unpaired) electrons. The molecular weight excluding hydrogens is 314 g/mol. The second-order valence-electron chi connectivity index (χ2n) is 6.92. The van der Waals surface area contributed by atoms with E-state index in [1.54, 1.807) is 0 Å². The second kappa shape index (κ2) is 6.35. The van der Waals surface area contributed by atoms with E-state index in [2.05, 4.69) is 26.2 Å². The average Bonchev–Trinajstić information content (AvgIpc) is 3.19. The van der Waals surface area contributed by atoms with Crippen molar-refractivity contribution in [3.8, 4) is 0 Å². The molecule has 1 aromatic carbocycles. The lowest BCUT2D eigenvalue weighted by molar-refractivity contribution is 0.0927. The van der Waals surface area contributed by atoms with Crippen molar-refractivity contribution in [2.45, 2.75) is 45.7 Å². The standard InChI is InChI=1S/C19H23N5O/c1-13-9-10-24(22-13)17-6-3-15(4-7-17)19(25)21-16-5-8-18-20-14(2)11-23(18)12-16/h3-4,6-7,11,16H,5,8-10,12H2,1-2H3,(H,21,25)/t16-/m1/s1. The summed E-state index contributed by atoms with van der Waals surface area (Å²) in [6.07, 6.45) is 4.90. The third-order valence-corrected chi connectivity index (χ3v) is 4.85. The minimum Gasteiger partial charge on any atom is -0.347 e. The lowest BCUT2D eigenvalue weighted by Gasteiger charge is -2.24. The Labute approximate surface area is 147 Å². The largest absolute Gasteiger partial charge is 0.347 e. The van der Waals surface area contributed by atoms with Crippen molar-refractivity contribution in [2.75, 3.05) is 11.6 Å². The fraction of sp³-hybridized carbons (Fsp3) is 0.421. The van der Waals surface area contributed by atoms with E-state index in [1.807, 2.05) is 43.1 Å². The molecule has 2 aliphatic rings. The van der Waals surface area contributed by atoms with Gasteiger partial charge in [0.1, 0.15) is 5.82 Å². The summed E-state index contributed by atoms with van der Waals surface area (Å²) in [7, 11) is 0. The summed E-state index contributed by atoms with van der Waals surface area (Å²) in [6.45, 7) is 5.75. The minimum atomic E-state index is -0.0158. The summed E-state index contributed by atoms with van der Waals surface area (Å²) >= 11 is 0. The zero-order chi connectivity index (χ0) is 17.4. The van der Waals surface area contributed by atoms with Gasteiger partial charge in [0.05, 0.1) is 11.4 Å². The van der Waals surface area contributed by atoms with Crippen molar-refractivity contribution in [2.24, 2.45) is 5.10 Å². The van der Waals surface area contributed by atoms with Crippen LogP contribution in [0.4, 0.5) is 5.69 Å². The molecule has 0 spiro atoms. The molecule has 2 aliphatic heterocycles. The van der Waals surface area contributed by atoms with Crippen molar-refractivity contribution in [1.82, 2.24) is 14.9 Å². The number of nitrogens with zero attached hydrogens (tertiary/aromatic N) is 4. The first-order valence-corrected chi connectivity index (χ1v) is 8.84. The van der Waals surface area contributed by atoms with Crippen molar-refractivity contribution in [1.29, 1.82) is 0 Å². The van der Waals surface area contributed by atoms with Gasteiger partial charge in [-0.25, -0.2) is 4.98 Å². The number of hydrazone groups is 1. The molecule has 0 saturated carbocycles. The summed E-state index contributed by atoms with van der Waals surface area (Å²) in [5.41, 5.74) is 3.91. The molecule has 3 heterocycles. The number of anilines is 1.